The van der Waals surface area contributed by atoms with Crippen molar-refractivity contribution in [3.05, 3.63) is 24.3 Å². The summed E-state index contributed by atoms with van der Waals surface area (Å²) in [5.41, 5.74) is 0.629. The van der Waals surface area contributed by atoms with Crippen LogP contribution in [-0.2, 0) is 14.3 Å². The van der Waals surface area contributed by atoms with Gasteiger partial charge in [0, 0.05) is 5.69 Å². The molecule has 6 heteroatoms. The molecule has 22 heavy (non-hydrogen) atoms. The summed E-state index contributed by atoms with van der Waals surface area (Å²) in [6, 6.07) is 7.08. The Bertz CT molecular complexity index is 528. The summed E-state index contributed by atoms with van der Waals surface area (Å²) in [5, 5.41) is 11.6. The fourth-order valence-electron chi connectivity index (χ4n) is 2.17. The Morgan fingerprint density at radius 1 is 1.32 bits per heavy atom. The number of hydrogen-bond acceptors (Lipinski definition) is 4. The molecule has 1 aromatic rings. The van der Waals surface area contributed by atoms with Crippen molar-refractivity contribution in [2.45, 2.75) is 51.4 Å². The van der Waals surface area contributed by atoms with Crippen molar-refractivity contribution in [2.24, 2.45) is 0 Å². The first-order chi connectivity index (χ1) is 10.5. The van der Waals surface area contributed by atoms with Crippen LogP contribution in [0.5, 0.6) is 5.75 Å². The van der Waals surface area contributed by atoms with E-state index in [-0.39, 0.29) is 12.0 Å². The lowest BCUT2D eigenvalue weighted by Gasteiger charge is -2.14. The number of carbonyl (C=O) groups is 2. The highest BCUT2D eigenvalue weighted by Crippen LogP contribution is 2.22. The molecule has 1 aliphatic rings. The minimum atomic E-state index is -1.03. The van der Waals surface area contributed by atoms with Crippen molar-refractivity contribution >= 4 is 17.6 Å². The monoisotopic (exact) mass is 307 g/mol. The van der Waals surface area contributed by atoms with E-state index in [4.69, 9.17) is 14.6 Å². The summed E-state index contributed by atoms with van der Waals surface area (Å²) < 4.78 is 10.9. The Morgan fingerprint density at radius 2 is 1.95 bits per heavy atom. The van der Waals surface area contributed by atoms with Gasteiger partial charge in [-0.05, 0) is 50.5 Å². The maximum absolute atomic E-state index is 12.0. The first-order valence-corrected chi connectivity index (χ1v) is 7.45. The average Bonchev–Trinajstić information content (AvgIpc) is 2.99. The van der Waals surface area contributed by atoms with Gasteiger partial charge in [-0.15, -0.1) is 0 Å². The van der Waals surface area contributed by atoms with Crippen LogP contribution in [-0.4, -0.2) is 35.3 Å². The number of benzene rings is 1. The molecule has 0 saturated carbocycles. The number of carboxylic acids is 1. The van der Waals surface area contributed by atoms with E-state index < -0.39 is 18.2 Å². The lowest BCUT2D eigenvalue weighted by molar-refractivity contribution is -0.150. The predicted molar refractivity (Wildman–Crippen MR) is 81.0 cm³/mol. The second-order valence-corrected chi connectivity index (χ2v) is 5.38. The van der Waals surface area contributed by atoms with Crippen molar-refractivity contribution in [2.75, 3.05) is 5.32 Å². The van der Waals surface area contributed by atoms with E-state index >= 15 is 0 Å². The van der Waals surface area contributed by atoms with Crippen LogP contribution >= 0.6 is 0 Å². The minimum Gasteiger partial charge on any atom is -0.491 e. The van der Waals surface area contributed by atoms with Crippen molar-refractivity contribution in [1.82, 2.24) is 0 Å². The maximum Gasteiger partial charge on any atom is 0.332 e. The number of ether oxygens (including phenoxy) is 2. The smallest absolute Gasteiger partial charge is 0.332 e. The molecule has 1 heterocycles. The quantitative estimate of drug-likeness (QED) is 0.843. The van der Waals surface area contributed by atoms with E-state index in [0.717, 1.165) is 12.2 Å². The first-order valence-electron chi connectivity index (χ1n) is 7.45. The number of amides is 1. The number of carboxylic acid groups (broad SMARTS) is 1. The molecular weight excluding hydrogens is 286 g/mol. The van der Waals surface area contributed by atoms with E-state index in [9.17, 15) is 9.59 Å². The molecule has 2 rings (SSSR count). The van der Waals surface area contributed by atoms with E-state index in [1.165, 1.54) is 0 Å². The molecule has 1 saturated heterocycles. The standard InChI is InChI=1S/C16H21NO5/c1-3-10(2)21-12-6-4-11(5-7-12)17-15(18)13-8-9-14(22-13)16(19)20/h4-7,10,13-14H,3,8-9H2,1-2H3,(H,17,18)(H,19,20)/t10?,13-,14+/m0/s1. The Balaban J connectivity index is 1.88. The molecular formula is C16H21NO5. The van der Waals surface area contributed by atoms with Crippen LogP contribution < -0.4 is 10.1 Å². The normalized spacial score (nSPS) is 22.1. The van der Waals surface area contributed by atoms with Crippen LogP contribution in [0.25, 0.3) is 0 Å². The fraction of sp³-hybridized carbons (Fsp3) is 0.500. The van der Waals surface area contributed by atoms with Crippen molar-refractivity contribution in [3.63, 3.8) is 0 Å². The summed E-state index contributed by atoms with van der Waals surface area (Å²) in [6.07, 6.45) is 0.231. The van der Waals surface area contributed by atoms with E-state index in [1.54, 1.807) is 24.3 Å². The van der Waals surface area contributed by atoms with Crippen LogP contribution in [0.4, 0.5) is 5.69 Å². The first kappa shape index (κ1) is 16.3. The molecule has 2 N–H and O–H groups in total. The highest BCUT2D eigenvalue weighted by Gasteiger charge is 2.34. The SMILES string of the molecule is CCC(C)Oc1ccc(NC(=O)[C@@H]2CC[C@H](C(=O)O)O2)cc1. The Labute approximate surface area is 129 Å². The van der Waals surface area contributed by atoms with Gasteiger partial charge in [0.15, 0.2) is 6.10 Å². The highest BCUT2D eigenvalue weighted by molar-refractivity contribution is 5.94. The number of nitrogens with one attached hydrogen (secondary N) is 1. The maximum atomic E-state index is 12.0. The molecule has 0 bridgehead atoms. The molecule has 1 unspecified atom stereocenters. The van der Waals surface area contributed by atoms with Crippen molar-refractivity contribution in [3.8, 4) is 5.75 Å². The largest absolute Gasteiger partial charge is 0.491 e. The van der Waals surface area contributed by atoms with Gasteiger partial charge in [-0.25, -0.2) is 4.79 Å². The molecule has 6 nitrogen and oxygen atoms in total. The van der Waals surface area contributed by atoms with E-state index in [1.807, 2.05) is 13.8 Å². The molecule has 1 amide bonds. The van der Waals surface area contributed by atoms with Gasteiger partial charge in [-0.3, -0.25) is 4.79 Å². The zero-order valence-electron chi connectivity index (χ0n) is 12.7. The Hall–Kier alpha value is -2.08. The number of aliphatic carboxylic acids is 1. The molecule has 3 atom stereocenters. The molecule has 0 spiro atoms. The van der Waals surface area contributed by atoms with Crippen molar-refractivity contribution < 1.29 is 24.2 Å². The number of hydrogen-bond donors (Lipinski definition) is 2. The minimum absolute atomic E-state index is 0.139. The molecule has 1 aliphatic heterocycles. The van der Waals surface area contributed by atoms with Gasteiger partial charge in [0.25, 0.3) is 5.91 Å². The fourth-order valence-corrected chi connectivity index (χ4v) is 2.17. The molecule has 120 valence electrons. The summed E-state index contributed by atoms with van der Waals surface area (Å²) in [7, 11) is 0. The van der Waals surface area contributed by atoms with Gasteiger partial charge in [-0.1, -0.05) is 6.92 Å². The van der Waals surface area contributed by atoms with Gasteiger partial charge in [0.1, 0.15) is 11.9 Å². The lowest BCUT2D eigenvalue weighted by Crippen LogP contribution is -2.29. The Kier molecular flexibility index (Phi) is 5.38. The zero-order valence-corrected chi connectivity index (χ0v) is 12.7. The van der Waals surface area contributed by atoms with E-state index in [0.29, 0.717) is 18.5 Å². The molecule has 0 aliphatic carbocycles. The van der Waals surface area contributed by atoms with Crippen LogP contribution in [0.15, 0.2) is 24.3 Å². The van der Waals surface area contributed by atoms with Gasteiger partial charge in [-0.2, -0.15) is 0 Å². The molecule has 1 aromatic carbocycles. The topological polar surface area (TPSA) is 84.9 Å². The summed E-state index contributed by atoms with van der Waals surface area (Å²) in [6.45, 7) is 4.04. The van der Waals surface area contributed by atoms with Crippen LogP contribution in [0.3, 0.4) is 0 Å². The second-order valence-electron chi connectivity index (χ2n) is 5.38. The number of carbonyl (C=O) groups excluding carboxylic acids is 1. The van der Waals surface area contributed by atoms with Gasteiger partial charge in [0.05, 0.1) is 6.10 Å². The Morgan fingerprint density at radius 3 is 2.50 bits per heavy atom. The molecule has 0 radical (unpaired) electrons. The summed E-state index contributed by atoms with van der Waals surface area (Å²) in [5.74, 6) is -0.600. The average molecular weight is 307 g/mol. The lowest BCUT2D eigenvalue weighted by atomic mass is 10.2. The second kappa shape index (κ2) is 7.26. The predicted octanol–water partition coefficient (Wildman–Crippen LogP) is 2.43. The summed E-state index contributed by atoms with van der Waals surface area (Å²) in [4.78, 5) is 22.8. The third-order valence-corrected chi connectivity index (χ3v) is 3.62. The van der Waals surface area contributed by atoms with Crippen molar-refractivity contribution in [1.29, 1.82) is 0 Å². The van der Waals surface area contributed by atoms with Gasteiger partial charge >= 0.3 is 5.97 Å². The third-order valence-electron chi connectivity index (χ3n) is 3.62. The third kappa shape index (κ3) is 4.21. The van der Waals surface area contributed by atoms with Gasteiger partial charge < -0.3 is 19.9 Å². The molecule has 1 fully saturated rings. The summed E-state index contributed by atoms with van der Waals surface area (Å²) >= 11 is 0. The number of rotatable bonds is 6. The molecule has 0 aromatic heterocycles. The van der Waals surface area contributed by atoms with E-state index in [2.05, 4.69) is 5.32 Å². The van der Waals surface area contributed by atoms with Crippen LogP contribution in [0.1, 0.15) is 33.1 Å². The van der Waals surface area contributed by atoms with Crippen LogP contribution in [0, 0.1) is 0 Å². The number of anilines is 1. The van der Waals surface area contributed by atoms with Crippen LogP contribution in [0.2, 0.25) is 0 Å². The highest BCUT2D eigenvalue weighted by atomic mass is 16.5. The van der Waals surface area contributed by atoms with Gasteiger partial charge in [0.2, 0.25) is 0 Å². The zero-order chi connectivity index (χ0) is 16.1.